The van der Waals surface area contributed by atoms with Gasteiger partial charge in [0, 0.05) is 40.2 Å². The molecule has 0 aliphatic carbocycles. The van der Waals surface area contributed by atoms with E-state index in [2.05, 4.69) is 26.6 Å². The van der Waals surface area contributed by atoms with Crippen molar-refractivity contribution in [2.24, 2.45) is 0 Å². The lowest BCUT2D eigenvalue weighted by Crippen LogP contribution is -2.24. The van der Waals surface area contributed by atoms with Crippen LogP contribution in [-0.4, -0.2) is 24.1 Å². The number of nitrogens with one attached hydrogen (secondary N) is 2. The molecule has 0 saturated carbocycles. The van der Waals surface area contributed by atoms with E-state index in [4.69, 9.17) is 0 Å². The van der Waals surface area contributed by atoms with Crippen LogP contribution in [0.3, 0.4) is 0 Å². The van der Waals surface area contributed by atoms with Crippen LogP contribution in [0.5, 0.6) is 0 Å². The topological polar surface area (TPSA) is 58.2 Å². The van der Waals surface area contributed by atoms with Gasteiger partial charge in [-0.1, -0.05) is 24.3 Å². The fraction of sp³-hybridized carbons (Fsp3) is 0.263. The van der Waals surface area contributed by atoms with Gasteiger partial charge in [-0.2, -0.15) is 0 Å². The number of thioether (sulfide) groups is 1. The molecule has 0 radical (unpaired) electrons. The molecule has 0 aliphatic heterocycles. The normalized spacial score (nSPS) is 10.3. The van der Waals surface area contributed by atoms with Gasteiger partial charge in [0.1, 0.15) is 0 Å². The van der Waals surface area contributed by atoms with Gasteiger partial charge >= 0.3 is 0 Å². The van der Waals surface area contributed by atoms with Gasteiger partial charge in [0.15, 0.2) is 0 Å². The molecular weight excluding hydrogens is 400 g/mol. The van der Waals surface area contributed by atoms with E-state index < -0.39 is 0 Å². The molecule has 0 fully saturated rings. The van der Waals surface area contributed by atoms with E-state index >= 15 is 0 Å². The maximum Gasteiger partial charge on any atom is 0.251 e. The zero-order valence-corrected chi connectivity index (χ0v) is 16.5. The number of hydrogen-bond acceptors (Lipinski definition) is 3. The molecule has 2 rings (SSSR count). The van der Waals surface area contributed by atoms with Gasteiger partial charge in [0.05, 0.1) is 0 Å². The summed E-state index contributed by atoms with van der Waals surface area (Å²) < 4.78 is 1.04. The quantitative estimate of drug-likeness (QED) is 0.634. The molecule has 0 aromatic heterocycles. The minimum absolute atomic E-state index is 0.00275. The summed E-state index contributed by atoms with van der Waals surface area (Å²) in [5, 5.41) is 5.67. The smallest absolute Gasteiger partial charge is 0.251 e. The van der Waals surface area contributed by atoms with E-state index in [0.717, 1.165) is 14.9 Å². The lowest BCUT2D eigenvalue weighted by Gasteiger charge is -2.08. The third-order valence-corrected chi connectivity index (χ3v) is 5.47. The molecular formula is C19H21BrN2O2S. The van der Waals surface area contributed by atoms with Crippen molar-refractivity contribution in [1.29, 1.82) is 0 Å². The minimum atomic E-state index is -0.0967. The Morgan fingerprint density at radius 1 is 1.08 bits per heavy atom. The standard InChI is InChI=1S/C19H21BrN2O2S/c1-2-21-19(24)15-7-5-6-14(12-15)13-22-18(23)10-11-25-17-9-4-3-8-16(17)20/h3-9,12H,2,10-11,13H2,1H3,(H,21,24)(H,22,23). The Morgan fingerprint density at radius 2 is 1.88 bits per heavy atom. The highest BCUT2D eigenvalue weighted by atomic mass is 79.9. The molecule has 0 bridgehead atoms. The predicted octanol–water partition coefficient (Wildman–Crippen LogP) is 4.00. The number of amides is 2. The number of rotatable bonds is 8. The molecule has 2 amide bonds. The summed E-state index contributed by atoms with van der Waals surface area (Å²) in [6, 6.07) is 15.3. The van der Waals surface area contributed by atoms with Crippen LogP contribution >= 0.6 is 27.7 Å². The monoisotopic (exact) mass is 420 g/mol. The molecule has 2 aromatic carbocycles. The average molecular weight is 421 g/mol. The van der Waals surface area contributed by atoms with Crippen LogP contribution in [0.4, 0.5) is 0 Å². The second-order valence-corrected chi connectivity index (χ2v) is 7.36. The van der Waals surface area contributed by atoms with Gasteiger partial charge in [0.2, 0.25) is 5.91 Å². The summed E-state index contributed by atoms with van der Waals surface area (Å²) in [6.07, 6.45) is 0.446. The van der Waals surface area contributed by atoms with Crippen molar-refractivity contribution in [3.63, 3.8) is 0 Å². The van der Waals surface area contributed by atoms with Crippen molar-refractivity contribution >= 4 is 39.5 Å². The molecule has 25 heavy (non-hydrogen) atoms. The molecule has 132 valence electrons. The molecule has 4 nitrogen and oxygen atoms in total. The summed E-state index contributed by atoms with van der Waals surface area (Å²) in [5.41, 5.74) is 1.52. The fourth-order valence-corrected chi connectivity index (χ4v) is 3.71. The molecule has 2 aromatic rings. The molecule has 6 heteroatoms. The van der Waals surface area contributed by atoms with E-state index in [1.807, 2.05) is 43.3 Å². The molecule has 0 heterocycles. The van der Waals surface area contributed by atoms with Crippen LogP contribution in [0, 0.1) is 0 Å². The van der Waals surface area contributed by atoms with E-state index in [1.165, 1.54) is 0 Å². The Balaban J connectivity index is 1.77. The zero-order chi connectivity index (χ0) is 18.1. The van der Waals surface area contributed by atoms with Crippen molar-refractivity contribution in [2.45, 2.75) is 24.8 Å². The Kier molecular flexibility index (Phi) is 8.01. The first-order chi connectivity index (χ1) is 12.1. The number of carbonyl (C=O) groups is 2. The third kappa shape index (κ3) is 6.55. The Hall–Kier alpha value is -1.79. The summed E-state index contributed by atoms with van der Waals surface area (Å²) in [7, 11) is 0. The average Bonchev–Trinajstić information content (AvgIpc) is 2.62. The van der Waals surface area contributed by atoms with Crippen molar-refractivity contribution in [3.8, 4) is 0 Å². The maximum absolute atomic E-state index is 12.0. The maximum atomic E-state index is 12.0. The SMILES string of the molecule is CCNC(=O)c1cccc(CNC(=O)CCSc2ccccc2Br)c1. The lowest BCUT2D eigenvalue weighted by molar-refractivity contribution is -0.120. The molecule has 0 saturated heterocycles. The van der Waals surface area contributed by atoms with E-state index in [9.17, 15) is 9.59 Å². The van der Waals surface area contributed by atoms with Crippen molar-refractivity contribution in [3.05, 3.63) is 64.1 Å². The number of benzene rings is 2. The van der Waals surface area contributed by atoms with Gasteiger partial charge in [-0.25, -0.2) is 0 Å². The van der Waals surface area contributed by atoms with Crippen LogP contribution in [0.2, 0.25) is 0 Å². The van der Waals surface area contributed by atoms with Crippen molar-refractivity contribution in [1.82, 2.24) is 10.6 Å². The Morgan fingerprint density at radius 3 is 2.64 bits per heavy atom. The zero-order valence-electron chi connectivity index (χ0n) is 14.0. The fourth-order valence-electron chi connectivity index (χ4n) is 2.19. The van der Waals surface area contributed by atoms with Crippen LogP contribution in [0.1, 0.15) is 29.3 Å². The van der Waals surface area contributed by atoms with Crippen LogP contribution in [0.15, 0.2) is 57.9 Å². The highest BCUT2D eigenvalue weighted by Crippen LogP contribution is 2.27. The van der Waals surface area contributed by atoms with E-state index in [0.29, 0.717) is 30.8 Å². The van der Waals surface area contributed by atoms with Gasteiger partial charge in [0.25, 0.3) is 5.91 Å². The summed E-state index contributed by atoms with van der Waals surface area (Å²) in [5.74, 6) is 0.622. The largest absolute Gasteiger partial charge is 0.352 e. The number of halogens is 1. The Labute approximate surface area is 160 Å². The number of carbonyl (C=O) groups excluding carboxylic acids is 2. The molecule has 0 aliphatic rings. The molecule has 0 unspecified atom stereocenters. The first kappa shape index (κ1) is 19.5. The molecule has 0 atom stereocenters. The third-order valence-electron chi connectivity index (χ3n) is 3.44. The van der Waals surface area contributed by atoms with E-state index in [1.54, 1.807) is 23.9 Å². The predicted molar refractivity (Wildman–Crippen MR) is 106 cm³/mol. The summed E-state index contributed by atoms with van der Waals surface area (Å²) in [4.78, 5) is 25.0. The minimum Gasteiger partial charge on any atom is -0.352 e. The number of hydrogen-bond donors (Lipinski definition) is 2. The summed E-state index contributed by atoms with van der Waals surface area (Å²) >= 11 is 5.15. The molecule has 2 N–H and O–H groups in total. The summed E-state index contributed by atoms with van der Waals surface area (Å²) in [6.45, 7) is 2.90. The first-order valence-corrected chi connectivity index (χ1v) is 9.89. The lowest BCUT2D eigenvalue weighted by atomic mass is 10.1. The van der Waals surface area contributed by atoms with Crippen LogP contribution in [-0.2, 0) is 11.3 Å². The highest BCUT2D eigenvalue weighted by molar-refractivity contribution is 9.10. The van der Waals surface area contributed by atoms with Gasteiger partial charge in [-0.05, 0) is 52.7 Å². The second kappa shape index (κ2) is 10.3. The van der Waals surface area contributed by atoms with Gasteiger partial charge in [-0.15, -0.1) is 11.8 Å². The van der Waals surface area contributed by atoms with Crippen molar-refractivity contribution < 1.29 is 9.59 Å². The van der Waals surface area contributed by atoms with Crippen LogP contribution < -0.4 is 10.6 Å². The van der Waals surface area contributed by atoms with Gasteiger partial charge < -0.3 is 10.6 Å². The highest BCUT2D eigenvalue weighted by Gasteiger charge is 2.07. The molecule has 0 spiro atoms. The van der Waals surface area contributed by atoms with Gasteiger partial charge in [-0.3, -0.25) is 9.59 Å². The Bertz CT molecular complexity index is 737. The van der Waals surface area contributed by atoms with Crippen LogP contribution in [0.25, 0.3) is 0 Å². The van der Waals surface area contributed by atoms with E-state index in [-0.39, 0.29) is 11.8 Å². The van der Waals surface area contributed by atoms with Crippen molar-refractivity contribution in [2.75, 3.05) is 12.3 Å². The second-order valence-electron chi connectivity index (χ2n) is 5.37. The first-order valence-electron chi connectivity index (χ1n) is 8.11.